The largest absolute Gasteiger partial charge is 0.482 e. The van der Waals surface area contributed by atoms with E-state index in [0.717, 1.165) is 10.0 Å². The molecular formula is C15H12BrNO5. The molecule has 0 fully saturated rings. The normalized spacial score (nSPS) is 10.0. The summed E-state index contributed by atoms with van der Waals surface area (Å²) in [4.78, 5) is 21.6. The van der Waals surface area contributed by atoms with Crippen LogP contribution in [-0.2, 0) is 16.1 Å². The molecule has 0 amide bonds. The molecule has 2 rings (SSSR count). The lowest BCUT2D eigenvalue weighted by molar-refractivity contribution is -0.384. The number of carbonyl (C=O) groups excluding carboxylic acids is 1. The standard InChI is InChI=1S/C15H12BrNO5/c16-14-4-2-1-3-11(14)9-22-15(18)10-21-13-7-5-12(6-8-13)17(19)20/h1-8H,9-10H2. The van der Waals surface area contributed by atoms with Crippen LogP contribution in [0.1, 0.15) is 5.56 Å². The van der Waals surface area contributed by atoms with Gasteiger partial charge in [0.25, 0.3) is 5.69 Å². The minimum atomic E-state index is -0.519. The number of hydrogen-bond acceptors (Lipinski definition) is 5. The Morgan fingerprint density at radius 3 is 2.45 bits per heavy atom. The summed E-state index contributed by atoms with van der Waals surface area (Å²) in [5.41, 5.74) is 0.815. The lowest BCUT2D eigenvalue weighted by Crippen LogP contribution is -2.14. The van der Waals surface area contributed by atoms with Crippen LogP contribution in [0.2, 0.25) is 0 Å². The average molecular weight is 366 g/mol. The molecule has 0 aromatic heterocycles. The van der Waals surface area contributed by atoms with Crippen molar-refractivity contribution < 1.29 is 19.2 Å². The molecule has 0 saturated carbocycles. The summed E-state index contributed by atoms with van der Waals surface area (Å²) in [7, 11) is 0. The Labute approximate surface area is 134 Å². The third-order valence-electron chi connectivity index (χ3n) is 2.75. The zero-order valence-electron chi connectivity index (χ0n) is 11.4. The summed E-state index contributed by atoms with van der Waals surface area (Å²) in [6.07, 6.45) is 0. The molecule has 0 N–H and O–H groups in total. The van der Waals surface area contributed by atoms with E-state index in [-0.39, 0.29) is 18.9 Å². The summed E-state index contributed by atoms with van der Waals surface area (Å²) < 4.78 is 11.2. The monoisotopic (exact) mass is 365 g/mol. The van der Waals surface area contributed by atoms with Crippen molar-refractivity contribution in [1.29, 1.82) is 0 Å². The Hall–Kier alpha value is -2.41. The van der Waals surface area contributed by atoms with Crippen molar-refractivity contribution >= 4 is 27.6 Å². The van der Waals surface area contributed by atoms with E-state index >= 15 is 0 Å². The van der Waals surface area contributed by atoms with E-state index in [1.165, 1.54) is 24.3 Å². The SMILES string of the molecule is O=C(COc1ccc([N+](=O)[O-])cc1)OCc1ccccc1Br. The van der Waals surface area contributed by atoms with Crippen LogP contribution in [0, 0.1) is 10.1 Å². The molecule has 0 saturated heterocycles. The van der Waals surface area contributed by atoms with Gasteiger partial charge < -0.3 is 9.47 Å². The fraction of sp³-hybridized carbons (Fsp3) is 0.133. The van der Waals surface area contributed by atoms with Crippen molar-refractivity contribution in [2.45, 2.75) is 6.61 Å². The second-order valence-corrected chi connectivity index (χ2v) is 5.15. The zero-order valence-corrected chi connectivity index (χ0v) is 13.0. The van der Waals surface area contributed by atoms with Crippen molar-refractivity contribution in [3.05, 3.63) is 68.7 Å². The first-order valence-corrected chi connectivity index (χ1v) is 7.12. The number of benzene rings is 2. The Kier molecular flexibility index (Phi) is 5.48. The molecule has 2 aromatic rings. The van der Waals surface area contributed by atoms with Gasteiger partial charge in [0, 0.05) is 22.2 Å². The highest BCUT2D eigenvalue weighted by Gasteiger charge is 2.08. The van der Waals surface area contributed by atoms with Crippen LogP contribution < -0.4 is 4.74 Å². The smallest absolute Gasteiger partial charge is 0.344 e. The number of non-ortho nitro benzene ring substituents is 1. The maximum atomic E-state index is 11.6. The predicted octanol–water partition coefficient (Wildman–Crippen LogP) is 3.48. The first kappa shape index (κ1) is 16.0. The molecule has 114 valence electrons. The highest BCUT2D eigenvalue weighted by Crippen LogP contribution is 2.18. The number of carbonyl (C=O) groups is 1. The summed E-state index contributed by atoms with van der Waals surface area (Å²) in [5.74, 6) is -0.155. The molecule has 0 aliphatic rings. The quantitative estimate of drug-likeness (QED) is 0.444. The van der Waals surface area contributed by atoms with Gasteiger partial charge in [-0.25, -0.2) is 4.79 Å². The van der Waals surface area contributed by atoms with Crippen molar-refractivity contribution in [3.8, 4) is 5.75 Å². The average Bonchev–Trinajstić information content (AvgIpc) is 2.52. The van der Waals surface area contributed by atoms with Gasteiger partial charge >= 0.3 is 5.97 Å². The molecule has 7 heteroatoms. The van der Waals surface area contributed by atoms with E-state index in [1.807, 2.05) is 24.3 Å². The van der Waals surface area contributed by atoms with Crippen LogP contribution in [0.3, 0.4) is 0 Å². The third-order valence-corrected chi connectivity index (χ3v) is 3.52. The minimum Gasteiger partial charge on any atom is -0.482 e. The van der Waals surface area contributed by atoms with Gasteiger partial charge in [-0.3, -0.25) is 10.1 Å². The van der Waals surface area contributed by atoms with Gasteiger partial charge in [0.05, 0.1) is 4.92 Å². The first-order valence-electron chi connectivity index (χ1n) is 6.32. The van der Waals surface area contributed by atoms with Crippen LogP contribution in [-0.4, -0.2) is 17.5 Å². The number of esters is 1. The maximum Gasteiger partial charge on any atom is 0.344 e. The summed E-state index contributed by atoms with van der Waals surface area (Å²) in [5, 5.41) is 10.5. The van der Waals surface area contributed by atoms with Crippen LogP contribution in [0.15, 0.2) is 53.0 Å². The number of nitro groups is 1. The van der Waals surface area contributed by atoms with Crippen LogP contribution >= 0.6 is 15.9 Å². The van der Waals surface area contributed by atoms with E-state index in [2.05, 4.69) is 15.9 Å². The highest BCUT2D eigenvalue weighted by atomic mass is 79.9. The van der Waals surface area contributed by atoms with Crippen molar-refractivity contribution in [3.63, 3.8) is 0 Å². The first-order chi connectivity index (χ1) is 10.6. The molecule has 0 aliphatic heterocycles. The number of rotatable bonds is 6. The van der Waals surface area contributed by atoms with Gasteiger partial charge in [0.1, 0.15) is 12.4 Å². The molecule has 0 aliphatic carbocycles. The van der Waals surface area contributed by atoms with Gasteiger partial charge in [0.2, 0.25) is 0 Å². The van der Waals surface area contributed by atoms with E-state index in [0.29, 0.717) is 5.75 Å². The third kappa shape index (κ3) is 4.56. The molecule has 0 atom stereocenters. The fourth-order valence-electron chi connectivity index (χ4n) is 1.62. The lowest BCUT2D eigenvalue weighted by atomic mass is 10.2. The Morgan fingerprint density at radius 2 is 1.82 bits per heavy atom. The van der Waals surface area contributed by atoms with E-state index < -0.39 is 10.9 Å². The summed E-state index contributed by atoms with van der Waals surface area (Å²) >= 11 is 3.36. The molecule has 0 heterocycles. The second-order valence-electron chi connectivity index (χ2n) is 4.29. The lowest BCUT2D eigenvalue weighted by Gasteiger charge is -2.08. The summed E-state index contributed by atoms with van der Waals surface area (Å²) in [6, 6.07) is 12.9. The van der Waals surface area contributed by atoms with E-state index in [9.17, 15) is 14.9 Å². The molecule has 0 radical (unpaired) electrons. The second kappa shape index (κ2) is 7.56. The Morgan fingerprint density at radius 1 is 1.14 bits per heavy atom. The van der Waals surface area contributed by atoms with Gasteiger partial charge in [-0.05, 0) is 18.2 Å². The van der Waals surface area contributed by atoms with Gasteiger partial charge in [-0.2, -0.15) is 0 Å². The van der Waals surface area contributed by atoms with E-state index in [1.54, 1.807) is 0 Å². The Balaban J connectivity index is 1.80. The molecule has 0 spiro atoms. The molecule has 2 aromatic carbocycles. The molecular weight excluding hydrogens is 354 g/mol. The predicted molar refractivity (Wildman–Crippen MR) is 82.5 cm³/mol. The topological polar surface area (TPSA) is 78.7 Å². The molecule has 0 bridgehead atoms. The number of halogens is 1. The molecule has 22 heavy (non-hydrogen) atoms. The van der Waals surface area contributed by atoms with Gasteiger partial charge in [-0.1, -0.05) is 34.1 Å². The number of ether oxygens (including phenoxy) is 2. The maximum absolute atomic E-state index is 11.6. The van der Waals surface area contributed by atoms with Gasteiger partial charge in [0.15, 0.2) is 6.61 Å². The van der Waals surface area contributed by atoms with Gasteiger partial charge in [-0.15, -0.1) is 0 Å². The minimum absolute atomic E-state index is 0.0381. The number of nitro benzene ring substituents is 1. The number of hydrogen-bond donors (Lipinski definition) is 0. The zero-order chi connectivity index (χ0) is 15.9. The Bertz CT molecular complexity index is 672. The van der Waals surface area contributed by atoms with Crippen molar-refractivity contribution in [2.75, 3.05) is 6.61 Å². The molecule has 0 unspecified atom stereocenters. The summed E-state index contributed by atoms with van der Waals surface area (Å²) in [6.45, 7) is -0.119. The van der Waals surface area contributed by atoms with Crippen molar-refractivity contribution in [2.24, 2.45) is 0 Å². The van der Waals surface area contributed by atoms with Crippen LogP contribution in [0.4, 0.5) is 5.69 Å². The fourth-order valence-corrected chi connectivity index (χ4v) is 2.02. The number of nitrogens with zero attached hydrogens (tertiary/aromatic N) is 1. The van der Waals surface area contributed by atoms with Crippen LogP contribution in [0.5, 0.6) is 5.75 Å². The highest BCUT2D eigenvalue weighted by molar-refractivity contribution is 9.10. The van der Waals surface area contributed by atoms with E-state index in [4.69, 9.17) is 9.47 Å². The molecule has 6 nitrogen and oxygen atoms in total. The van der Waals surface area contributed by atoms with Crippen LogP contribution in [0.25, 0.3) is 0 Å². The van der Waals surface area contributed by atoms with Crippen molar-refractivity contribution in [1.82, 2.24) is 0 Å².